The van der Waals surface area contributed by atoms with Gasteiger partial charge in [-0.2, -0.15) is 0 Å². The Labute approximate surface area is 292 Å². The fourth-order valence-electron chi connectivity index (χ4n) is 6.83. The summed E-state index contributed by atoms with van der Waals surface area (Å²) in [5.74, 6) is 1.38. The molecule has 0 fully saturated rings. The number of benzene rings is 1. The Bertz CT molecular complexity index is 1010. The van der Waals surface area contributed by atoms with Crippen LogP contribution in [0.2, 0.25) is 0 Å². The maximum Gasteiger partial charge on any atom is 0.174 e. The Morgan fingerprint density at radius 2 is 0.717 bits per heavy atom. The highest BCUT2D eigenvalue weighted by atomic mass is 32.1. The zero-order valence-corrected chi connectivity index (χ0v) is 32.1. The highest BCUT2D eigenvalue weighted by Gasteiger charge is 2.14. The molecule has 0 aliphatic carbocycles. The Morgan fingerprint density at radius 1 is 0.413 bits per heavy atom. The van der Waals surface area contributed by atoms with Gasteiger partial charge in [0.15, 0.2) is 10.1 Å². The largest absolute Gasteiger partial charge is 0.484 e. The number of hydrogen-bond donors (Lipinski definition) is 0. The molecule has 0 saturated heterocycles. The smallest absolute Gasteiger partial charge is 0.174 e. The maximum absolute atomic E-state index is 6.50. The molecule has 1 aromatic carbocycles. The molecule has 2 nitrogen and oxygen atoms in total. The molecule has 262 valence electrons. The van der Waals surface area contributed by atoms with Crippen molar-refractivity contribution in [1.82, 2.24) is 0 Å². The molecule has 0 saturated carbocycles. The second-order valence-corrected chi connectivity index (χ2v) is 16.3. The lowest BCUT2D eigenvalue weighted by Crippen LogP contribution is -2.12. The van der Waals surface area contributed by atoms with Gasteiger partial charge in [0.2, 0.25) is 0 Å². The van der Waals surface area contributed by atoms with Crippen LogP contribution in [0.4, 0.5) is 0 Å². The van der Waals surface area contributed by atoms with Gasteiger partial charge in [0.25, 0.3) is 0 Å². The van der Waals surface area contributed by atoms with Crippen molar-refractivity contribution in [3.63, 3.8) is 0 Å². The fraction of sp³-hybridized carbons (Fsp3) is 0.762. The van der Waals surface area contributed by atoms with Crippen LogP contribution in [-0.2, 0) is 0 Å². The molecule has 3 aromatic rings. The van der Waals surface area contributed by atoms with Gasteiger partial charge in [-0.15, -0.1) is 0 Å². The normalized spacial score (nSPS) is 13.1. The first-order valence-corrected chi connectivity index (χ1v) is 21.5. The third-order valence-corrected chi connectivity index (χ3v) is 11.9. The number of thiophene rings is 2. The minimum atomic E-state index is 0.688. The molecule has 0 aliphatic heterocycles. The van der Waals surface area contributed by atoms with Crippen molar-refractivity contribution in [1.29, 1.82) is 0 Å². The van der Waals surface area contributed by atoms with E-state index in [1.54, 1.807) is 0 Å². The summed E-state index contributed by atoms with van der Waals surface area (Å²) in [5.41, 5.74) is 0. The summed E-state index contributed by atoms with van der Waals surface area (Å²) in [6.07, 6.45) is 32.6. The number of unbranched alkanes of at least 4 members (excludes halogenated alkanes) is 16. The van der Waals surface area contributed by atoms with Crippen LogP contribution in [0.15, 0.2) is 24.3 Å². The summed E-state index contributed by atoms with van der Waals surface area (Å²) < 4.78 is 15.7. The van der Waals surface area contributed by atoms with E-state index in [9.17, 15) is 0 Å². The van der Waals surface area contributed by atoms with E-state index in [4.69, 9.17) is 9.47 Å². The third kappa shape index (κ3) is 15.8. The lowest BCUT2D eigenvalue weighted by Gasteiger charge is -2.17. The quantitative estimate of drug-likeness (QED) is 0.0657. The molecular weight excluding hydrogens is 601 g/mol. The van der Waals surface area contributed by atoms with Crippen molar-refractivity contribution < 1.29 is 9.47 Å². The van der Waals surface area contributed by atoms with Gasteiger partial charge >= 0.3 is 0 Å². The van der Waals surface area contributed by atoms with Crippen LogP contribution >= 0.6 is 22.7 Å². The molecule has 3 rings (SSSR count). The average Bonchev–Trinajstić information content (AvgIpc) is 3.65. The van der Waals surface area contributed by atoms with Crippen LogP contribution in [0, 0.1) is 11.8 Å². The van der Waals surface area contributed by atoms with Crippen molar-refractivity contribution in [2.45, 2.75) is 182 Å². The molecular formula is C42H70O2S2. The molecule has 2 heterocycles. The van der Waals surface area contributed by atoms with E-state index in [2.05, 4.69) is 52.0 Å². The molecule has 2 atom stereocenters. The molecule has 0 radical (unpaired) electrons. The monoisotopic (exact) mass is 670 g/mol. The first-order valence-electron chi connectivity index (χ1n) is 19.9. The minimum Gasteiger partial charge on any atom is -0.484 e. The van der Waals surface area contributed by atoms with Gasteiger partial charge in [-0.1, -0.05) is 179 Å². The number of rotatable bonds is 30. The van der Waals surface area contributed by atoms with E-state index in [1.807, 2.05) is 22.7 Å². The Hall–Kier alpha value is -1.26. The second-order valence-electron chi connectivity index (χ2n) is 14.2. The van der Waals surface area contributed by atoms with Gasteiger partial charge in [-0.25, -0.2) is 0 Å². The molecule has 4 heteroatoms. The van der Waals surface area contributed by atoms with Gasteiger partial charge in [0.1, 0.15) is 0 Å². The van der Waals surface area contributed by atoms with E-state index in [0.717, 1.165) is 23.3 Å². The molecule has 46 heavy (non-hydrogen) atoms. The van der Waals surface area contributed by atoms with Crippen LogP contribution in [0.1, 0.15) is 182 Å². The fourth-order valence-corrected chi connectivity index (χ4v) is 8.74. The lowest BCUT2D eigenvalue weighted by molar-refractivity contribution is 0.229. The number of hydrogen-bond acceptors (Lipinski definition) is 4. The van der Waals surface area contributed by atoms with Gasteiger partial charge in [0.05, 0.1) is 13.2 Å². The lowest BCUT2D eigenvalue weighted by atomic mass is 9.95. The number of fused-ring (bicyclic) bond motifs is 2. The Kier molecular flexibility index (Phi) is 21.1. The second kappa shape index (κ2) is 24.8. The molecule has 0 N–H and O–H groups in total. The third-order valence-electron chi connectivity index (χ3n) is 9.90. The van der Waals surface area contributed by atoms with Crippen molar-refractivity contribution in [3.05, 3.63) is 24.3 Å². The Morgan fingerprint density at radius 3 is 1.07 bits per heavy atom. The number of ether oxygens (including phenoxy) is 2. The van der Waals surface area contributed by atoms with E-state index < -0.39 is 0 Å². The zero-order chi connectivity index (χ0) is 32.7. The van der Waals surface area contributed by atoms with Crippen molar-refractivity contribution in [2.75, 3.05) is 13.2 Å². The Balaban J connectivity index is 1.53. The maximum atomic E-state index is 6.50. The molecule has 2 aromatic heterocycles. The summed E-state index contributed by atoms with van der Waals surface area (Å²) in [4.78, 5) is 0. The average molecular weight is 671 g/mol. The predicted octanol–water partition coefficient (Wildman–Crippen LogP) is 15.5. The summed E-state index contributed by atoms with van der Waals surface area (Å²) in [5, 5.41) is 4.80. The molecule has 2 unspecified atom stereocenters. The van der Waals surface area contributed by atoms with Crippen LogP contribution in [0.5, 0.6) is 10.1 Å². The summed E-state index contributed by atoms with van der Waals surface area (Å²) in [6.45, 7) is 11.0. The zero-order valence-electron chi connectivity index (χ0n) is 30.5. The van der Waals surface area contributed by atoms with Crippen molar-refractivity contribution in [2.24, 2.45) is 11.8 Å². The highest BCUT2D eigenvalue weighted by molar-refractivity contribution is 7.22. The van der Waals surface area contributed by atoms with Crippen LogP contribution < -0.4 is 9.47 Å². The molecule has 0 spiro atoms. The van der Waals surface area contributed by atoms with Crippen molar-refractivity contribution >= 4 is 42.8 Å². The summed E-state index contributed by atoms with van der Waals surface area (Å²) in [6, 6.07) is 9.29. The minimum absolute atomic E-state index is 0.688. The first-order chi connectivity index (χ1) is 22.7. The van der Waals surface area contributed by atoms with Crippen LogP contribution in [0.3, 0.4) is 0 Å². The van der Waals surface area contributed by atoms with Crippen molar-refractivity contribution in [3.8, 4) is 10.1 Å². The van der Waals surface area contributed by atoms with Gasteiger partial charge in [0, 0.05) is 9.40 Å². The van der Waals surface area contributed by atoms with Gasteiger partial charge in [-0.05, 0) is 72.6 Å². The standard InChI is InChI=1S/C42H70O2S2/c1-5-9-13-17-19-23-27-35(25-21-15-11-7-3)33-43-41-31-37-29-40-38(30-39(37)45-41)32-42(46-40)44-34-36(26-22-16-12-8-4)28-24-20-18-14-10-6-2/h29-32,35-36H,5-28,33-34H2,1-4H3. The van der Waals surface area contributed by atoms with E-state index in [1.165, 1.54) is 174 Å². The molecule has 0 bridgehead atoms. The first kappa shape index (κ1) is 39.2. The summed E-state index contributed by atoms with van der Waals surface area (Å²) in [7, 11) is 0. The predicted molar refractivity (Wildman–Crippen MR) is 209 cm³/mol. The van der Waals surface area contributed by atoms with E-state index in [0.29, 0.717) is 11.8 Å². The van der Waals surface area contributed by atoms with Crippen LogP contribution in [-0.4, -0.2) is 13.2 Å². The van der Waals surface area contributed by atoms with Gasteiger partial charge in [-0.3, -0.25) is 0 Å². The van der Waals surface area contributed by atoms with Gasteiger partial charge < -0.3 is 9.47 Å². The molecule has 0 amide bonds. The van der Waals surface area contributed by atoms with E-state index in [-0.39, 0.29) is 0 Å². The summed E-state index contributed by atoms with van der Waals surface area (Å²) >= 11 is 3.64. The molecule has 0 aliphatic rings. The topological polar surface area (TPSA) is 18.5 Å². The highest BCUT2D eigenvalue weighted by Crippen LogP contribution is 2.40. The SMILES string of the molecule is CCCCCCCCC(CCCCCC)COc1cc2cc3sc(OCC(CCCCCC)CCCCCCCC)cc3cc2s1. The van der Waals surface area contributed by atoms with Crippen LogP contribution in [0.25, 0.3) is 20.2 Å². The van der Waals surface area contributed by atoms with E-state index >= 15 is 0 Å².